The number of nitrogens with zero attached hydrogens (tertiary/aromatic N) is 3. The van der Waals surface area contributed by atoms with Gasteiger partial charge < -0.3 is 9.52 Å². The molecule has 0 unspecified atom stereocenters. The topological polar surface area (TPSA) is 89.1 Å². The predicted molar refractivity (Wildman–Crippen MR) is 74.6 cm³/mol. The van der Waals surface area contributed by atoms with Crippen molar-refractivity contribution in [2.75, 3.05) is 0 Å². The van der Waals surface area contributed by atoms with E-state index in [0.717, 1.165) is 15.6 Å². The fourth-order valence-electron chi connectivity index (χ4n) is 2.03. The van der Waals surface area contributed by atoms with E-state index in [2.05, 4.69) is 15.2 Å². The highest BCUT2D eigenvalue weighted by Gasteiger charge is 2.26. The van der Waals surface area contributed by atoms with E-state index in [-0.39, 0.29) is 6.42 Å². The largest absolute Gasteiger partial charge is 0.481 e. The fourth-order valence-corrected chi connectivity index (χ4v) is 2.87. The smallest absolute Gasteiger partial charge is 0.303 e. The normalized spacial score (nSPS) is 11.8. The van der Waals surface area contributed by atoms with Gasteiger partial charge in [0, 0.05) is 6.42 Å². The van der Waals surface area contributed by atoms with E-state index in [0.29, 0.717) is 18.2 Å². The highest BCUT2D eigenvalue weighted by Crippen LogP contribution is 2.31. The first kappa shape index (κ1) is 14.6. The van der Waals surface area contributed by atoms with Crippen molar-refractivity contribution >= 4 is 17.3 Å². The Bertz CT molecular complexity index is 631. The van der Waals surface area contributed by atoms with Crippen LogP contribution in [0.3, 0.4) is 0 Å². The number of rotatable bonds is 5. The predicted octanol–water partition coefficient (Wildman–Crippen LogP) is 2.85. The van der Waals surface area contributed by atoms with E-state index in [4.69, 9.17) is 9.52 Å². The molecule has 2 rings (SSSR count). The maximum Gasteiger partial charge on any atom is 0.303 e. The van der Waals surface area contributed by atoms with Crippen LogP contribution in [0.5, 0.6) is 0 Å². The molecule has 6 nitrogen and oxygen atoms in total. The molecule has 0 saturated carbocycles. The maximum absolute atomic E-state index is 10.8. The summed E-state index contributed by atoms with van der Waals surface area (Å²) in [6.45, 7) is 7.56. The zero-order valence-corrected chi connectivity index (χ0v) is 12.7. The van der Waals surface area contributed by atoms with Gasteiger partial charge in [-0.3, -0.25) is 4.79 Å². The average Bonchev–Trinajstić information content (AvgIpc) is 2.82. The summed E-state index contributed by atoms with van der Waals surface area (Å²) in [5.74, 6) is 0.0783. The second-order valence-corrected chi connectivity index (χ2v) is 6.76. The lowest BCUT2D eigenvalue weighted by molar-refractivity contribution is -0.139. The molecule has 0 bridgehead atoms. The summed E-state index contributed by atoms with van der Waals surface area (Å²) < 4.78 is 5.64. The van der Waals surface area contributed by atoms with Crippen LogP contribution in [0.15, 0.2) is 4.42 Å². The van der Waals surface area contributed by atoms with Crippen molar-refractivity contribution in [3.8, 4) is 10.8 Å². The van der Waals surface area contributed by atoms with E-state index in [1.54, 1.807) is 0 Å². The fraction of sp³-hybridized carbons (Fsp3) is 0.538. The minimum Gasteiger partial charge on any atom is -0.481 e. The molecular formula is C13H17N3O3S. The second kappa shape index (κ2) is 5.32. The van der Waals surface area contributed by atoms with E-state index >= 15 is 0 Å². The van der Waals surface area contributed by atoms with Crippen LogP contribution in [0, 0.1) is 19.3 Å². The Morgan fingerprint density at radius 1 is 1.35 bits per heavy atom. The van der Waals surface area contributed by atoms with Crippen molar-refractivity contribution in [1.82, 2.24) is 15.2 Å². The first-order chi connectivity index (χ1) is 9.27. The third-order valence-electron chi connectivity index (χ3n) is 2.82. The molecule has 0 spiro atoms. The summed E-state index contributed by atoms with van der Waals surface area (Å²) in [7, 11) is 0. The molecule has 7 heteroatoms. The highest BCUT2D eigenvalue weighted by atomic mass is 32.1. The molecule has 0 aliphatic rings. The zero-order chi connectivity index (χ0) is 14.9. The van der Waals surface area contributed by atoms with Gasteiger partial charge in [0.1, 0.15) is 4.88 Å². The number of aryl methyl sites for hydroxylation is 2. The van der Waals surface area contributed by atoms with Crippen molar-refractivity contribution in [3.63, 3.8) is 0 Å². The van der Waals surface area contributed by atoms with Crippen LogP contribution in [-0.2, 0) is 11.2 Å². The molecule has 0 atom stereocenters. The number of hydrogen-bond donors (Lipinski definition) is 1. The van der Waals surface area contributed by atoms with E-state index in [1.165, 1.54) is 11.3 Å². The Labute approximate surface area is 120 Å². The second-order valence-electron chi connectivity index (χ2n) is 5.56. The molecule has 0 saturated heterocycles. The molecule has 20 heavy (non-hydrogen) atoms. The van der Waals surface area contributed by atoms with Crippen molar-refractivity contribution in [1.29, 1.82) is 0 Å². The molecule has 108 valence electrons. The van der Waals surface area contributed by atoms with Crippen molar-refractivity contribution in [3.05, 3.63) is 16.6 Å². The first-order valence-corrected chi connectivity index (χ1v) is 7.07. The van der Waals surface area contributed by atoms with Gasteiger partial charge >= 0.3 is 5.97 Å². The molecule has 1 N–H and O–H groups in total. The zero-order valence-electron chi connectivity index (χ0n) is 11.9. The number of carboxylic acids is 1. The van der Waals surface area contributed by atoms with Crippen LogP contribution in [0.1, 0.15) is 36.9 Å². The van der Waals surface area contributed by atoms with Crippen LogP contribution in [0.25, 0.3) is 10.8 Å². The molecular weight excluding hydrogens is 278 g/mol. The number of carboxylic acid groups (broad SMARTS) is 1. The summed E-state index contributed by atoms with van der Waals surface area (Å²) in [6, 6.07) is 0. The number of thiazole rings is 1. The monoisotopic (exact) mass is 295 g/mol. The number of aromatic nitrogens is 3. The van der Waals surface area contributed by atoms with Crippen LogP contribution >= 0.6 is 11.3 Å². The molecule has 0 aromatic carbocycles. The van der Waals surface area contributed by atoms with Gasteiger partial charge in [-0.1, -0.05) is 13.8 Å². The Morgan fingerprint density at radius 2 is 2.05 bits per heavy atom. The van der Waals surface area contributed by atoms with Gasteiger partial charge in [-0.25, -0.2) is 4.98 Å². The molecule has 0 aliphatic carbocycles. The molecule has 0 fully saturated rings. The molecule has 2 aromatic rings. The Kier molecular flexibility index (Phi) is 3.89. The van der Waals surface area contributed by atoms with Gasteiger partial charge in [0.25, 0.3) is 5.89 Å². The molecule has 0 radical (unpaired) electrons. The van der Waals surface area contributed by atoms with Crippen LogP contribution in [-0.4, -0.2) is 26.3 Å². The quantitative estimate of drug-likeness (QED) is 0.912. The van der Waals surface area contributed by atoms with E-state index < -0.39 is 11.4 Å². The lowest BCUT2D eigenvalue weighted by Crippen LogP contribution is -2.19. The number of aliphatic carboxylic acids is 1. The summed E-state index contributed by atoms with van der Waals surface area (Å²) in [4.78, 5) is 16.0. The Morgan fingerprint density at radius 3 is 2.60 bits per heavy atom. The van der Waals surface area contributed by atoms with Crippen molar-refractivity contribution in [2.45, 2.75) is 40.5 Å². The SMILES string of the molecule is Cc1nc(C)c(-c2nnc(CC(C)(C)CC(=O)O)o2)s1. The minimum atomic E-state index is -0.830. The molecule has 0 amide bonds. The van der Waals surface area contributed by atoms with E-state index in [9.17, 15) is 4.79 Å². The lowest BCUT2D eigenvalue weighted by atomic mass is 9.86. The van der Waals surface area contributed by atoms with Crippen LogP contribution in [0.2, 0.25) is 0 Å². The van der Waals surface area contributed by atoms with Gasteiger partial charge in [0.15, 0.2) is 0 Å². The summed E-state index contributed by atoms with van der Waals surface area (Å²) in [5, 5.41) is 17.9. The lowest BCUT2D eigenvalue weighted by Gasteiger charge is -2.19. The van der Waals surface area contributed by atoms with Gasteiger partial charge in [-0.15, -0.1) is 21.5 Å². The molecule has 2 aromatic heterocycles. The first-order valence-electron chi connectivity index (χ1n) is 6.25. The van der Waals surface area contributed by atoms with Gasteiger partial charge in [0.05, 0.1) is 17.1 Å². The maximum atomic E-state index is 10.8. The third-order valence-corrected chi connectivity index (χ3v) is 3.89. The Hall–Kier alpha value is -1.76. The van der Waals surface area contributed by atoms with Crippen LogP contribution < -0.4 is 0 Å². The summed E-state index contributed by atoms with van der Waals surface area (Å²) in [5.41, 5.74) is 0.446. The Balaban J connectivity index is 2.17. The summed E-state index contributed by atoms with van der Waals surface area (Å²) >= 11 is 1.51. The molecule has 0 aliphatic heterocycles. The van der Waals surface area contributed by atoms with Crippen molar-refractivity contribution < 1.29 is 14.3 Å². The summed E-state index contributed by atoms with van der Waals surface area (Å²) in [6.07, 6.45) is 0.493. The van der Waals surface area contributed by atoms with E-state index in [1.807, 2.05) is 27.7 Å². The van der Waals surface area contributed by atoms with Gasteiger partial charge in [-0.2, -0.15) is 0 Å². The third kappa shape index (κ3) is 3.41. The van der Waals surface area contributed by atoms with Gasteiger partial charge in [-0.05, 0) is 19.3 Å². The highest BCUT2D eigenvalue weighted by molar-refractivity contribution is 7.15. The van der Waals surface area contributed by atoms with Crippen molar-refractivity contribution in [2.24, 2.45) is 5.41 Å². The van der Waals surface area contributed by atoms with Crippen LogP contribution in [0.4, 0.5) is 0 Å². The average molecular weight is 295 g/mol. The van der Waals surface area contributed by atoms with Gasteiger partial charge in [0.2, 0.25) is 5.89 Å². The number of carbonyl (C=O) groups is 1. The standard InChI is InChI=1S/C13H17N3O3S/c1-7-11(20-8(2)14-7)12-16-15-9(19-12)5-13(3,4)6-10(17)18/h5-6H2,1-4H3,(H,17,18). The minimum absolute atomic E-state index is 0.0589. The number of hydrogen-bond acceptors (Lipinski definition) is 6. The molecule has 2 heterocycles.